The Morgan fingerprint density at radius 1 is 1.00 bits per heavy atom. The van der Waals surface area contributed by atoms with Gasteiger partial charge in [0.15, 0.2) is 0 Å². The molecule has 2 aromatic heterocycles. The standard InChI is InChI=1S/C24H26N4O/c29-22-13-18(16-28(22)21-10-4-5-11-21)15-27-17-26-23(19-7-2-1-3-8-19)24(27)20-9-6-12-25-14-20/h1-3,6-9,12,14,17-18,21H,4-5,10-11,13,15-16H2/t18-/m0/s1. The molecule has 148 valence electrons. The van der Waals surface area contributed by atoms with Gasteiger partial charge in [-0.25, -0.2) is 4.98 Å². The third kappa shape index (κ3) is 3.57. The van der Waals surface area contributed by atoms with Gasteiger partial charge in [-0.05, 0) is 25.0 Å². The van der Waals surface area contributed by atoms with E-state index in [4.69, 9.17) is 4.98 Å². The average Bonchev–Trinajstić information content (AvgIpc) is 3.50. The molecule has 1 aromatic carbocycles. The number of imidazole rings is 1. The van der Waals surface area contributed by atoms with Gasteiger partial charge in [0.25, 0.3) is 0 Å². The fraction of sp³-hybridized carbons (Fsp3) is 0.375. The largest absolute Gasteiger partial charge is 0.339 e. The Labute approximate surface area is 171 Å². The minimum atomic E-state index is 0.327. The SMILES string of the molecule is O=C1C[C@@H](Cn2cnc(-c3ccccc3)c2-c2cccnc2)CN1C1CCCC1. The number of hydrogen-bond donors (Lipinski definition) is 0. The highest BCUT2D eigenvalue weighted by atomic mass is 16.2. The first-order valence-electron chi connectivity index (χ1n) is 10.6. The van der Waals surface area contributed by atoms with E-state index in [1.807, 2.05) is 36.8 Å². The summed E-state index contributed by atoms with van der Waals surface area (Å²) in [6.07, 6.45) is 11.1. The van der Waals surface area contributed by atoms with Crippen LogP contribution in [0.15, 0.2) is 61.2 Å². The number of nitrogens with zero attached hydrogens (tertiary/aromatic N) is 4. The molecule has 0 unspecified atom stereocenters. The number of carbonyl (C=O) groups excluding carboxylic acids is 1. The van der Waals surface area contributed by atoms with Crippen LogP contribution in [0, 0.1) is 5.92 Å². The van der Waals surface area contributed by atoms with Crippen molar-refractivity contribution in [3.63, 3.8) is 0 Å². The first kappa shape index (κ1) is 18.1. The van der Waals surface area contributed by atoms with Crippen LogP contribution in [-0.2, 0) is 11.3 Å². The smallest absolute Gasteiger partial charge is 0.223 e. The quantitative estimate of drug-likeness (QED) is 0.653. The molecule has 5 heteroatoms. The number of benzene rings is 1. The Hall–Kier alpha value is -2.95. The van der Waals surface area contributed by atoms with Crippen LogP contribution in [0.1, 0.15) is 32.1 Å². The van der Waals surface area contributed by atoms with E-state index in [0.29, 0.717) is 24.3 Å². The van der Waals surface area contributed by atoms with Crippen molar-refractivity contribution >= 4 is 5.91 Å². The summed E-state index contributed by atoms with van der Waals surface area (Å²) in [6.45, 7) is 1.67. The molecule has 2 aliphatic rings. The van der Waals surface area contributed by atoms with Crippen molar-refractivity contribution < 1.29 is 4.79 Å². The molecule has 1 saturated carbocycles. The summed E-state index contributed by atoms with van der Waals surface area (Å²) in [5.74, 6) is 0.657. The van der Waals surface area contributed by atoms with Crippen LogP contribution in [0.4, 0.5) is 0 Å². The molecule has 0 spiro atoms. The van der Waals surface area contributed by atoms with Gasteiger partial charge in [-0.15, -0.1) is 0 Å². The fourth-order valence-electron chi connectivity index (χ4n) is 4.91. The molecule has 1 atom stereocenters. The van der Waals surface area contributed by atoms with Crippen molar-refractivity contribution in [1.82, 2.24) is 19.4 Å². The summed E-state index contributed by atoms with van der Waals surface area (Å²) in [5, 5.41) is 0. The van der Waals surface area contributed by atoms with Crippen LogP contribution in [0.3, 0.4) is 0 Å². The molecule has 3 aromatic rings. The van der Waals surface area contributed by atoms with Gasteiger partial charge in [0.05, 0.1) is 17.7 Å². The van der Waals surface area contributed by atoms with Gasteiger partial charge in [0, 0.05) is 55.0 Å². The zero-order valence-electron chi connectivity index (χ0n) is 16.6. The third-order valence-corrected chi connectivity index (χ3v) is 6.28. The lowest BCUT2D eigenvalue weighted by atomic mass is 10.0. The number of carbonyl (C=O) groups is 1. The van der Waals surface area contributed by atoms with Crippen molar-refractivity contribution in [2.75, 3.05) is 6.54 Å². The Morgan fingerprint density at radius 2 is 1.79 bits per heavy atom. The van der Waals surface area contributed by atoms with Gasteiger partial charge in [-0.2, -0.15) is 0 Å². The molecule has 1 saturated heterocycles. The van der Waals surface area contributed by atoms with E-state index >= 15 is 0 Å². The molecular formula is C24H26N4O. The summed E-state index contributed by atoms with van der Waals surface area (Å²) in [7, 11) is 0. The van der Waals surface area contributed by atoms with Crippen LogP contribution >= 0.6 is 0 Å². The summed E-state index contributed by atoms with van der Waals surface area (Å²) in [5.41, 5.74) is 4.20. The monoisotopic (exact) mass is 386 g/mol. The topological polar surface area (TPSA) is 51.0 Å². The molecule has 29 heavy (non-hydrogen) atoms. The van der Waals surface area contributed by atoms with E-state index in [2.05, 4.69) is 32.7 Å². The number of aromatic nitrogens is 3. The van der Waals surface area contributed by atoms with Crippen molar-refractivity contribution in [3.8, 4) is 22.5 Å². The molecule has 2 fully saturated rings. The molecule has 0 bridgehead atoms. The number of amides is 1. The van der Waals surface area contributed by atoms with E-state index in [9.17, 15) is 4.79 Å². The van der Waals surface area contributed by atoms with Crippen molar-refractivity contribution in [1.29, 1.82) is 0 Å². The highest BCUT2D eigenvalue weighted by Crippen LogP contribution is 2.34. The maximum Gasteiger partial charge on any atom is 0.223 e. The van der Waals surface area contributed by atoms with Crippen LogP contribution in [0.5, 0.6) is 0 Å². The summed E-state index contributed by atoms with van der Waals surface area (Å²) >= 11 is 0. The summed E-state index contributed by atoms with van der Waals surface area (Å²) in [4.78, 5) is 23.9. The molecule has 1 amide bonds. The van der Waals surface area contributed by atoms with Crippen molar-refractivity contribution in [2.24, 2.45) is 5.92 Å². The van der Waals surface area contributed by atoms with Crippen LogP contribution in [0.2, 0.25) is 0 Å². The van der Waals surface area contributed by atoms with E-state index in [1.165, 1.54) is 25.7 Å². The summed E-state index contributed by atoms with van der Waals surface area (Å²) < 4.78 is 2.22. The Bertz CT molecular complexity index is 977. The van der Waals surface area contributed by atoms with Gasteiger partial charge in [0.2, 0.25) is 5.91 Å². The molecule has 1 aliphatic carbocycles. The van der Waals surface area contributed by atoms with E-state index < -0.39 is 0 Å². The highest BCUT2D eigenvalue weighted by molar-refractivity contribution is 5.80. The van der Waals surface area contributed by atoms with Crippen molar-refractivity contribution in [2.45, 2.75) is 44.7 Å². The first-order chi connectivity index (χ1) is 14.3. The minimum Gasteiger partial charge on any atom is -0.339 e. The van der Waals surface area contributed by atoms with Crippen molar-refractivity contribution in [3.05, 3.63) is 61.2 Å². The van der Waals surface area contributed by atoms with E-state index in [0.717, 1.165) is 35.6 Å². The maximum absolute atomic E-state index is 12.6. The second-order valence-corrected chi connectivity index (χ2v) is 8.26. The normalized spacial score (nSPS) is 19.9. The van der Waals surface area contributed by atoms with Gasteiger partial charge in [-0.1, -0.05) is 43.2 Å². The Morgan fingerprint density at radius 3 is 2.55 bits per heavy atom. The highest BCUT2D eigenvalue weighted by Gasteiger charge is 2.35. The lowest BCUT2D eigenvalue weighted by molar-refractivity contribution is -0.129. The fourth-order valence-corrected chi connectivity index (χ4v) is 4.91. The van der Waals surface area contributed by atoms with Crippen LogP contribution in [0.25, 0.3) is 22.5 Å². The van der Waals surface area contributed by atoms with Gasteiger partial charge in [0.1, 0.15) is 0 Å². The van der Waals surface area contributed by atoms with E-state index in [-0.39, 0.29) is 0 Å². The average molecular weight is 386 g/mol. The van der Waals surface area contributed by atoms with Gasteiger partial charge in [-0.3, -0.25) is 9.78 Å². The first-order valence-corrected chi connectivity index (χ1v) is 10.6. The molecule has 5 rings (SSSR count). The lowest BCUT2D eigenvalue weighted by Crippen LogP contribution is -2.34. The summed E-state index contributed by atoms with van der Waals surface area (Å²) in [6, 6.07) is 14.8. The number of likely N-dealkylation sites (tertiary alicyclic amines) is 1. The van der Waals surface area contributed by atoms with Crippen LogP contribution in [-0.4, -0.2) is 37.9 Å². The Balaban J connectivity index is 1.45. The molecule has 1 aliphatic heterocycles. The minimum absolute atomic E-state index is 0.327. The molecule has 0 N–H and O–H groups in total. The number of hydrogen-bond acceptors (Lipinski definition) is 3. The third-order valence-electron chi connectivity index (χ3n) is 6.28. The number of rotatable bonds is 5. The lowest BCUT2D eigenvalue weighted by Gasteiger charge is -2.24. The van der Waals surface area contributed by atoms with Gasteiger partial charge >= 0.3 is 0 Å². The molecule has 0 radical (unpaired) electrons. The predicted molar refractivity (Wildman–Crippen MR) is 113 cm³/mol. The molecule has 5 nitrogen and oxygen atoms in total. The van der Waals surface area contributed by atoms with Crippen LogP contribution < -0.4 is 0 Å². The zero-order valence-corrected chi connectivity index (χ0v) is 16.6. The Kier molecular flexibility index (Phi) is 4.88. The van der Waals surface area contributed by atoms with E-state index in [1.54, 1.807) is 6.20 Å². The zero-order chi connectivity index (χ0) is 19.6. The maximum atomic E-state index is 12.6. The molecular weight excluding hydrogens is 360 g/mol. The molecule has 3 heterocycles. The predicted octanol–water partition coefficient (Wildman–Crippen LogP) is 4.40. The second kappa shape index (κ2) is 7.82. The second-order valence-electron chi connectivity index (χ2n) is 8.26. The number of pyridine rings is 1. The van der Waals surface area contributed by atoms with Gasteiger partial charge < -0.3 is 9.47 Å².